The van der Waals surface area contributed by atoms with Gasteiger partial charge in [-0.15, -0.1) is 0 Å². The number of hydrogen-bond acceptors (Lipinski definition) is 3. The van der Waals surface area contributed by atoms with Gasteiger partial charge in [-0.25, -0.2) is 4.98 Å². The fraction of sp³-hybridized carbons (Fsp3) is 0.381. The van der Waals surface area contributed by atoms with Gasteiger partial charge in [0.15, 0.2) is 0 Å². The molecular formula is C21H24N2S. The quantitative estimate of drug-likeness (QED) is 0.662. The summed E-state index contributed by atoms with van der Waals surface area (Å²) in [6.45, 7) is 6.03. The van der Waals surface area contributed by atoms with Crippen molar-refractivity contribution in [1.29, 1.82) is 0 Å². The van der Waals surface area contributed by atoms with Gasteiger partial charge in [-0.1, -0.05) is 55.4 Å². The molecule has 2 aromatic rings. The van der Waals surface area contributed by atoms with Crippen LogP contribution in [0.1, 0.15) is 37.3 Å². The van der Waals surface area contributed by atoms with Crippen molar-refractivity contribution in [3.05, 3.63) is 59.8 Å². The van der Waals surface area contributed by atoms with Crippen LogP contribution in [0.5, 0.6) is 0 Å². The number of pyridine rings is 1. The SMILES string of the molecule is CC(C=C1c2ccccc2Sc2ncccc21)CN1CCCCC1. The number of fused-ring (bicyclic) bond motifs is 2. The van der Waals surface area contributed by atoms with Crippen LogP contribution in [0.4, 0.5) is 0 Å². The Morgan fingerprint density at radius 2 is 1.88 bits per heavy atom. The molecule has 0 bridgehead atoms. The summed E-state index contributed by atoms with van der Waals surface area (Å²) >= 11 is 1.79. The zero-order valence-corrected chi connectivity index (χ0v) is 15.1. The van der Waals surface area contributed by atoms with Gasteiger partial charge in [0, 0.05) is 23.2 Å². The van der Waals surface area contributed by atoms with Gasteiger partial charge in [0.05, 0.1) is 0 Å². The molecule has 0 radical (unpaired) electrons. The fourth-order valence-corrected chi connectivity index (χ4v) is 4.81. The van der Waals surface area contributed by atoms with Gasteiger partial charge < -0.3 is 4.90 Å². The number of aromatic nitrogens is 1. The van der Waals surface area contributed by atoms with Crippen LogP contribution in [0, 0.1) is 5.92 Å². The predicted molar refractivity (Wildman–Crippen MR) is 101 cm³/mol. The summed E-state index contributed by atoms with van der Waals surface area (Å²) in [5, 5.41) is 1.13. The van der Waals surface area contributed by atoms with Gasteiger partial charge in [0.2, 0.25) is 0 Å². The number of benzene rings is 1. The third-order valence-corrected chi connectivity index (χ3v) is 5.99. The zero-order chi connectivity index (χ0) is 16.4. The summed E-state index contributed by atoms with van der Waals surface area (Å²) < 4.78 is 0. The summed E-state index contributed by atoms with van der Waals surface area (Å²) in [6.07, 6.45) is 8.48. The Bertz CT molecular complexity index is 700. The third-order valence-electron chi connectivity index (χ3n) is 4.89. The lowest BCUT2D eigenvalue weighted by Gasteiger charge is -2.29. The van der Waals surface area contributed by atoms with E-state index in [0.717, 1.165) is 11.6 Å². The standard InChI is InChI=1S/C21H24N2S/c1-16(15-23-12-5-2-6-13-23)14-19-17-8-3-4-10-20(17)24-21-18(19)9-7-11-22-21/h3-4,7-11,14,16H,2,5-6,12-13,15H2,1H3. The summed E-state index contributed by atoms with van der Waals surface area (Å²) in [4.78, 5) is 8.55. The normalized spacial score (nSPS) is 20.5. The van der Waals surface area contributed by atoms with E-state index in [2.05, 4.69) is 59.3 Å². The van der Waals surface area contributed by atoms with Gasteiger partial charge in [-0.2, -0.15) is 0 Å². The Hall–Kier alpha value is -1.58. The molecule has 0 amide bonds. The minimum Gasteiger partial charge on any atom is -0.303 e. The number of nitrogens with zero attached hydrogens (tertiary/aromatic N) is 2. The van der Waals surface area contributed by atoms with Gasteiger partial charge in [0.1, 0.15) is 5.03 Å². The molecule has 1 fully saturated rings. The van der Waals surface area contributed by atoms with Crippen LogP contribution in [0.2, 0.25) is 0 Å². The smallest absolute Gasteiger partial charge is 0.109 e. The van der Waals surface area contributed by atoms with Crippen molar-refractivity contribution < 1.29 is 0 Å². The molecule has 2 aliphatic rings. The minimum atomic E-state index is 0.544. The first-order valence-electron chi connectivity index (χ1n) is 8.98. The Balaban J connectivity index is 1.66. The highest BCUT2D eigenvalue weighted by molar-refractivity contribution is 7.99. The van der Waals surface area contributed by atoms with Crippen LogP contribution in [0.3, 0.4) is 0 Å². The van der Waals surface area contributed by atoms with E-state index >= 15 is 0 Å². The van der Waals surface area contributed by atoms with Crippen LogP contribution in [0.15, 0.2) is 58.6 Å². The molecule has 0 saturated carbocycles. The molecule has 2 aliphatic heterocycles. The molecule has 3 heterocycles. The molecule has 4 rings (SSSR count). The number of rotatable bonds is 3. The maximum atomic E-state index is 4.60. The summed E-state index contributed by atoms with van der Waals surface area (Å²) in [5.74, 6) is 0.544. The van der Waals surface area contributed by atoms with Crippen LogP contribution in [-0.2, 0) is 0 Å². The first-order chi connectivity index (χ1) is 11.8. The van der Waals surface area contributed by atoms with E-state index in [0.29, 0.717) is 5.92 Å². The highest BCUT2D eigenvalue weighted by atomic mass is 32.2. The van der Waals surface area contributed by atoms with Crippen LogP contribution in [0.25, 0.3) is 5.57 Å². The van der Waals surface area contributed by atoms with Crippen molar-refractivity contribution in [2.24, 2.45) is 5.92 Å². The second-order valence-corrected chi connectivity index (χ2v) is 7.90. The molecule has 0 aliphatic carbocycles. The molecule has 1 unspecified atom stereocenters. The fourth-order valence-electron chi connectivity index (χ4n) is 3.77. The lowest BCUT2D eigenvalue weighted by Crippen LogP contribution is -2.33. The Morgan fingerprint density at radius 1 is 1.08 bits per heavy atom. The average Bonchev–Trinajstić information content (AvgIpc) is 2.62. The number of likely N-dealkylation sites (tertiary alicyclic amines) is 1. The van der Waals surface area contributed by atoms with Gasteiger partial charge >= 0.3 is 0 Å². The highest BCUT2D eigenvalue weighted by Crippen LogP contribution is 2.44. The maximum Gasteiger partial charge on any atom is 0.109 e. The van der Waals surface area contributed by atoms with Crippen molar-refractivity contribution in [1.82, 2.24) is 9.88 Å². The molecule has 24 heavy (non-hydrogen) atoms. The van der Waals surface area contributed by atoms with E-state index in [4.69, 9.17) is 0 Å². The van der Waals surface area contributed by atoms with Crippen molar-refractivity contribution in [2.75, 3.05) is 19.6 Å². The summed E-state index contributed by atoms with van der Waals surface area (Å²) in [7, 11) is 0. The van der Waals surface area contributed by atoms with Crippen molar-refractivity contribution in [3.63, 3.8) is 0 Å². The highest BCUT2D eigenvalue weighted by Gasteiger charge is 2.22. The molecule has 0 spiro atoms. The van der Waals surface area contributed by atoms with Crippen molar-refractivity contribution in [2.45, 2.75) is 36.1 Å². The van der Waals surface area contributed by atoms with E-state index in [9.17, 15) is 0 Å². The first-order valence-corrected chi connectivity index (χ1v) is 9.80. The minimum absolute atomic E-state index is 0.544. The first kappa shape index (κ1) is 15.9. The van der Waals surface area contributed by atoms with Gasteiger partial charge in [-0.05, 0) is 55.1 Å². The third kappa shape index (κ3) is 3.28. The summed E-state index contributed by atoms with van der Waals surface area (Å²) in [6, 6.07) is 13.0. The molecule has 1 atom stereocenters. The zero-order valence-electron chi connectivity index (χ0n) is 14.2. The lowest BCUT2D eigenvalue weighted by atomic mass is 9.94. The molecule has 2 nitrogen and oxygen atoms in total. The molecule has 124 valence electrons. The van der Waals surface area contributed by atoms with Crippen LogP contribution >= 0.6 is 11.8 Å². The van der Waals surface area contributed by atoms with Crippen LogP contribution < -0.4 is 0 Å². The van der Waals surface area contributed by atoms with Gasteiger partial charge in [-0.3, -0.25) is 0 Å². The maximum absolute atomic E-state index is 4.60. The molecular weight excluding hydrogens is 312 g/mol. The Morgan fingerprint density at radius 3 is 2.75 bits per heavy atom. The largest absolute Gasteiger partial charge is 0.303 e. The second kappa shape index (κ2) is 7.12. The predicted octanol–water partition coefficient (Wildman–Crippen LogP) is 5.10. The topological polar surface area (TPSA) is 16.1 Å². The van der Waals surface area contributed by atoms with Crippen molar-refractivity contribution in [3.8, 4) is 0 Å². The molecule has 0 N–H and O–H groups in total. The van der Waals surface area contributed by atoms with E-state index in [1.165, 1.54) is 53.9 Å². The molecule has 1 aromatic heterocycles. The summed E-state index contributed by atoms with van der Waals surface area (Å²) in [5.41, 5.74) is 4.00. The lowest BCUT2D eigenvalue weighted by molar-refractivity contribution is 0.213. The molecule has 1 aromatic carbocycles. The van der Waals surface area contributed by atoms with Crippen LogP contribution in [-0.4, -0.2) is 29.5 Å². The Kier molecular flexibility index (Phi) is 4.72. The van der Waals surface area contributed by atoms with Gasteiger partial charge in [0.25, 0.3) is 0 Å². The Labute approximate surface area is 149 Å². The molecule has 3 heteroatoms. The second-order valence-electron chi connectivity index (χ2n) is 6.87. The van der Waals surface area contributed by atoms with E-state index in [1.54, 1.807) is 11.8 Å². The van der Waals surface area contributed by atoms with E-state index in [1.807, 2.05) is 6.20 Å². The number of piperidine rings is 1. The number of hydrogen-bond donors (Lipinski definition) is 0. The molecule has 1 saturated heterocycles. The average molecular weight is 337 g/mol. The monoisotopic (exact) mass is 336 g/mol. The van der Waals surface area contributed by atoms with E-state index in [-0.39, 0.29) is 0 Å². The van der Waals surface area contributed by atoms with Crippen molar-refractivity contribution >= 4 is 17.3 Å². The van der Waals surface area contributed by atoms with E-state index < -0.39 is 0 Å².